The zero-order valence-corrected chi connectivity index (χ0v) is 11.4. The smallest absolute Gasteiger partial charge is 0.242 e. The van der Waals surface area contributed by atoms with Gasteiger partial charge in [0.05, 0.1) is 6.20 Å². The third-order valence-electron chi connectivity index (χ3n) is 2.87. The van der Waals surface area contributed by atoms with Gasteiger partial charge in [-0.2, -0.15) is 0 Å². The minimum absolute atomic E-state index is 0.0355. The summed E-state index contributed by atoms with van der Waals surface area (Å²) in [6, 6.07) is 0.961. The van der Waals surface area contributed by atoms with E-state index in [0.29, 0.717) is 6.54 Å². The molecule has 0 aliphatic heterocycles. The van der Waals surface area contributed by atoms with Crippen molar-refractivity contribution < 1.29 is 12.8 Å². The molecule has 1 aliphatic rings. The summed E-state index contributed by atoms with van der Waals surface area (Å²) in [6.45, 7) is 0.372. The highest BCUT2D eigenvalue weighted by atomic mass is 79.9. The zero-order chi connectivity index (χ0) is 12.5. The third-order valence-corrected chi connectivity index (χ3v) is 5.43. The number of aromatic nitrogens is 1. The molecule has 4 nitrogen and oxygen atoms in total. The van der Waals surface area contributed by atoms with E-state index in [2.05, 4.69) is 25.6 Å². The van der Waals surface area contributed by atoms with Crippen LogP contribution in [0.15, 0.2) is 23.4 Å². The van der Waals surface area contributed by atoms with E-state index in [-0.39, 0.29) is 10.3 Å². The van der Waals surface area contributed by atoms with Gasteiger partial charge in [0, 0.05) is 18.1 Å². The molecular formula is C10H12BrFN2O2S. The van der Waals surface area contributed by atoms with Crippen molar-refractivity contribution in [3.63, 3.8) is 0 Å². The van der Waals surface area contributed by atoms with Crippen LogP contribution in [0.25, 0.3) is 0 Å². The molecule has 1 aromatic rings. The van der Waals surface area contributed by atoms with Crippen molar-refractivity contribution >= 4 is 26.0 Å². The van der Waals surface area contributed by atoms with Crippen molar-refractivity contribution in [3.05, 3.63) is 24.3 Å². The lowest BCUT2D eigenvalue weighted by atomic mass is 10.1. The van der Waals surface area contributed by atoms with Crippen LogP contribution in [-0.2, 0) is 10.0 Å². The average Bonchev–Trinajstić information content (AvgIpc) is 3.07. The van der Waals surface area contributed by atoms with Crippen LogP contribution in [0.2, 0.25) is 0 Å². The Morgan fingerprint density at radius 2 is 2.18 bits per heavy atom. The molecule has 1 fully saturated rings. The fourth-order valence-electron chi connectivity index (χ4n) is 1.41. The molecular weight excluding hydrogens is 311 g/mol. The minimum Gasteiger partial charge on any atom is -0.260 e. The molecule has 1 aromatic heterocycles. The molecule has 0 saturated heterocycles. The number of halogens is 2. The van der Waals surface area contributed by atoms with E-state index in [0.717, 1.165) is 36.6 Å². The Bertz CT molecular complexity index is 517. The van der Waals surface area contributed by atoms with Gasteiger partial charge in [0.1, 0.15) is 10.7 Å². The van der Waals surface area contributed by atoms with Crippen molar-refractivity contribution in [1.82, 2.24) is 9.71 Å². The SMILES string of the molecule is O=S(=O)(NCC1(CBr)CC1)c1cncc(F)c1. The fourth-order valence-corrected chi connectivity index (χ4v) is 3.29. The van der Waals surface area contributed by atoms with Crippen molar-refractivity contribution in [2.45, 2.75) is 17.7 Å². The number of alkyl halides is 1. The van der Waals surface area contributed by atoms with Crippen molar-refractivity contribution in [2.75, 3.05) is 11.9 Å². The first kappa shape index (κ1) is 12.9. The van der Waals surface area contributed by atoms with Crippen LogP contribution >= 0.6 is 15.9 Å². The van der Waals surface area contributed by atoms with Crippen LogP contribution in [0, 0.1) is 11.2 Å². The van der Waals surface area contributed by atoms with E-state index < -0.39 is 15.8 Å². The van der Waals surface area contributed by atoms with Gasteiger partial charge in [-0.05, 0) is 24.3 Å². The van der Waals surface area contributed by atoms with Crippen LogP contribution < -0.4 is 4.72 Å². The minimum atomic E-state index is -3.66. The highest BCUT2D eigenvalue weighted by Crippen LogP contribution is 2.46. The summed E-state index contributed by atoms with van der Waals surface area (Å²) in [5.41, 5.74) is 0.0355. The summed E-state index contributed by atoms with van der Waals surface area (Å²) in [6.07, 6.45) is 4.11. The molecule has 0 aromatic carbocycles. The highest BCUT2D eigenvalue weighted by Gasteiger charge is 2.42. The summed E-state index contributed by atoms with van der Waals surface area (Å²) in [5.74, 6) is -0.658. The van der Waals surface area contributed by atoms with E-state index in [4.69, 9.17) is 0 Å². The number of hydrogen-bond donors (Lipinski definition) is 1. The molecule has 0 radical (unpaired) electrons. The average molecular weight is 323 g/mol. The van der Waals surface area contributed by atoms with Crippen LogP contribution in [-0.4, -0.2) is 25.3 Å². The van der Waals surface area contributed by atoms with E-state index in [1.54, 1.807) is 0 Å². The first-order valence-electron chi connectivity index (χ1n) is 5.14. The van der Waals surface area contributed by atoms with Gasteiger partial charge in [-0.15, -0.1) is 0 Å². The second kappa shape index (κ2) is 4.62. The zero-order valence-electron chi connectivity index (χ0n) is 8.99. The number of rotatable bonds is 5. The van der Waals surface area contributed by atoms with Crippen LogP contribution in [0.3, 0.4) is 0 Å². The van der Waals surface area contributed by atoms with Gasteiger partial charge >= 0.3 is 0 Å². The maximum Gasteiger partial charge on any atom is 0.242 e. The molecule has 17 heavy (non-hydrogen) atoms. The monoisotopic (exact) mass is 322 g/mol. The summed E-state index contributed by atoms with van der Waals surface area (Å²) in [7, 11) is -3.66. The number of pyridine rings is 1. The van der Waals surface area contributed by atoms with E-state index in [9.17, 15) is 12.8 Å². The molecule has 0 bridgehead atoms. The molecule has 0 amide bonds. The lowest BCUT2D eigenvalue weighted by Crippen LogP contribution is -2.31. The fraction of sp³-hybridized carbons (Fsp3) is 0.500. The molecule has 2 rings (SSSR count). The van der Waals surface area contributed by atoms with Gasteiger partial charge in [0.15, 0.2) is 0 Å². The molecule has 7 heteroatoms. The standard InChI is InChI=1S/C10H12BrFN2O2S/c11-6-10(1-2-10)7-14-17(15,16)9-3-8(12)4-13-5-9/h3-5,14H,1-2,6-7H2. The largest absolute Gasteiger partial charge is 0.260 e. The number of sulfonamides is 1. The maximum atomic E-state index is 12.9. The Labute approximate surface area is 108 Å². The molecule has 0 spiro atoms. The Morgan fingerprint density at radius 1 is 1.47 bits per heavy atom. The topological polar surface area (TPSA) is 59.1 Å². The number of hydrogen-bond acceptors (Lipinski definition) is 3. The lowest BCUT2D eigenvalue weighted by Gasteiger charge is -2.12. The second-order valence-electron chi connectivity index (χ2n) is 4.30. The lowest BCUT2D eigenvalue weighted by molar-refractivity contribution is 0.536. The van der Waals surface area contributed by atoms with Crippen LogP contribution in [0.1, 0.15) is 12.8 Å². The van der Waals surface area contributed by atoms with Crippen molar-refractivity contribution in [1.29, 1.82) is 0 Å². The first-order valence-corrected chi connectivity index (χ1v) is 7.74. The molecule has 0 unspecified atom stereocenters. The van der Waals surface area contributed by atoms with Gasteiger partial charge in [-0.25, -0.2) is 17.5 Å². The Morgan fingerprint density at radius 3 is 2.71 bits per heavy atom. The summed E-state index contributed by atoms with van der Waals surface area (Å²) >= 11 is 3.36. The molecule has 1 saturated carbocycles. The first-order chi connectivity index (χ1) is 7.97. The molecule has 1 N–H and O–H groups in total. The molecule has 94 valence electrons. The summed E-state index contributed by atoms with van der Waals surface area (Å²) in [5, 5.41) is 0.768. The van der Waals surface area contributed by atoms with Gasteiger partial charge in [0.2, 0.25) is 10.0 Å². The summed E-state index contributed by atoms with van der Waals surface area (Å²) < 4.78 is 39.1. The predicted octanol–water partition coefficient (Wildman–Crippen LogP) is 1.67. The molecule has 0 atom stereocenters. The van der Waals surface area contributed by atoms with Gasteiger partial charge in [0.25, 0.3) is 0 Å². The summed E-state index contributed by atoms with van der Waals surface area (Å²) in [4.78, 5) is 3.39. The van der Waals surface area contributed by atoms with Gasteiger partial charge in [-0.1, -0.05) is 15.9 Å². The molecule has 1 aliphatic carbocycles. The number of nitrogens with one attached hydrogen (secondary N) is 1. The van der Waals surface area contributed by atoms with E-state index in [1.165, 1.54) is 0 Å². The number of nitrogens with zero attached hydrogens (tertiary/aromatic N) is 1. The van der Waals surface area contributed by atoms with Gasteiger partial charge in [-0.3, -0.25) is 4.98 Å². The van der Waals surface area contributed by atoms with E-state index in [1.807, 2.05) is 0 Å². The molecule has 1 heterocycles. The quantitative estimate of drug-likeness (QED) is 0.839. The van der Waals surface area contributed by atoms with E-state index >= 15 is 0 Å². The third kappa shape index (κ3) is 3.02. The normalized spacial score (nSPS) is 18.0. The van der Waals surface area contributed by atoms with Crippen molar-refractivity contribution in [3.8, 4) is 0 Å². The Hall–Kier alpha value is -0.530. The maximum absolute atomic E-state index is 12.9. The van der Waals surface area contributed by atoms with Gasteiger partial charge < -0.3 is 0 Å². The Balaban J connectivity index is 2.09. The highest BCUT2D eigenvalue weighted by molar-refractivity contribution is 9.09. The van der Waals surface area contributed by atoms with Crippen LogP contribution in [0.4, 0.5) is 4.39 Å². The predicted molar refractivity (Wildman–Crippen MR) is 64.8 cm³/mol. The van der Waals surface area contributed by atoms with Crippen molar-refractivity contribution in [2.24, 2.45) is 5.41 Å². The Kier molecular flexibility index (Phi) is 3.51. The second-order valence-corrected chi connectivity index (χ2v) is 6.62. The van der Waals surface area contributed by atoms with Crippen LogP contribution in [0.5, 0.6) is 0 Å².